The number of amides is 4. The first-order valence-corrected chi connectivity index (χ1v) is 18.6. The van der Waals surface area contributed by atoms with Crippen molar-refractivity contribution < 1.29 is 24.3 Å². The van der Waals surface area contributed by atoms with Crippen molar-refractivity contribution in [1.82, 2.24) is 20.9 Å². The number of nitrogens with two attached hydrogens (primary N) is 1. The summed E-state index contributed by atoms with van der Waals surface area (Å²) in [6, 6.07) is -0.328. The van der Waals surface area contributed by atoms with Gasteiger partial charge in [-0.3, -0.25) is 19.7 Å². The van der Waals surface area contributed by atoms with Crippen molar-refractivity contribution in [3.05, 3.63) is 22.4 Å². The molecule has 3 unspecified atom stereocenters. The summed E-state index contributed by atoms with van der Waals surface area (Å²) in [7, 11) is 0. The van der Waals surface area contributed by atoms with E-state index in [1.807, 2.05) is 0 Å². The number of hydrogen-bond donors (Lipinski definition) is 5. The van der Waals surface area contributed by atoms with Gasteiger partial charge in [0.25, 0.3) is 5.91 Å². The second-order valence-corrected chi connectivity index (χ2v) is 16.4. The highest BCUT2D eigenvalue weighted by Crippen LogP contribution is 2.65. The Balaban J connectivity index is 1.21. The molecule has 0 aromatic carbocycles. The van der Waals surface area contributed by atoms with Crippen LogP contribution in [-0.2, 0) is 20.8 Å². The van der Waals surface area contributed by atoms with E-state index in [-0.39, 0.29) is 40.6 Å². The van der Waals surface area contributed by atoms with Crippen LogP contribution in [-0.4, -0.2) is 70.1 Å². The number of nitrogens with one attached hydrogen (secondary N) is 3. The maximum atomic E-state index is 14.6. The Kier molecular flexibility index (Phi) is 9.84. The largest absolute Gasteiger partial charge is 0.376 e. The van der Waals surface area contributed by atoms with Crippen LogP contribution in [0, 0.1) is 29.1 Å². The fraction of sp³-hybridized carbons (Fsp3) is 0.771. The normalized spacial score (nSPS) is 28.8. The van der Waals surface area contributed by atoms with E-state index in [1.54, 1.807) is 16.2 Å². The van der Waals surface area contributed by atoms with Gasteiger partial charge in [-0.2, -0.15) is 11.3 Å². The molecule has 4 amide bonds. The monoisotopic (exact) mass is 655 g/mol. The quantitative estimate of drug-likeness (QED) is 0.161. The minimum atomic E-state index is -1.20. The number of urea groups is 1. The molecule has 4 saturated carbocycles. The van der Waals surface area contributed by atoms with Crippen molar-refractivity contribution >= 4 is 35.0 Å². The van der Waals surface area contributed by atoms with Crippen molar-refractivity contribution in [3.8, 4) is 0 Å². The molecule has 5 aliphatic rings. The molecule has 10 nitrogen and oxygen atoms in total. The molecule has 2 heterocycles. The Bertz CT molecular complexity index is 1270. The van der Waals surface area contributed by atoms with E-state index in [0.717, 1.165) is 83.5 Å². The fourth-order valence-corrected chi connectivity index (χ4v) is 9.83. The summed E-state index contributed by atoms with van der Waals surface area (Å²) in [5, 5.41) is 25.5. The van der Waals surface area contributed by atoms with Gasteiger partial charge in [0.05, 0.1) is 12.1 Å². The molecule has 6 atom stereocenters. The molecule has 0 bridgehead atoms. The lowest BCUT2D eigenvalue weighted by Crippen LogP contribution is -2.63. The summed E-state index contributed by atoms with van der Waals surface area (Å²) in [4.78, 5) is 54.8. The summed E-state index contributed by atoms with van der Waals surface area (Å²) < 4.78 is 0. The molecule has 254 valence electrons. The highest BCUT2D eigenvalue weighted by Gasteiger charge is 2.69. The number of aliphatic hydroxyl groups is 1. The van der Waals surface area contributed by atoms with Crippen LogP contribution < -0.4 is 21.7 Å². The van der Waals surface area contributed by atoms with Crippen molar-refractivity contribution in [2.75, 3.05) is 6.54 Å². The molecule has 1 aliphatic heterocycles. The third-order valence-electron chi connectivity index (χ3n) is 12.1. The van der Waals surface area contributed by atoms with Crippen LogP contribution in [0.25, 0.3) is 0 Å². The van der Waals surface area contributed by atoms with E-state index in [9.17, 15) is 24.3 Å². The van der Waals surface area contributed by atoms with Crippen LogP contribution >= 0.6 is 11.3 Å². The summed E-state index contributed by atoms with van der Waals surface area (Å²) in [5.41, 5.74) is 6.20. The second kappa shape index (κ2) is 13.5. The summed E-state index contributed by atoms with van der Waals surface area (Å²) in [6.07, 6.45) is 12.0. The number of nitrogens with zero attached hydrogens (tertiary/aromatic N) is 1. The van der Waals surface area contributed by atoms with Gasteiger partial charge in [0.1, 0.15) is 12.3 Å². The number of piperidine rings is 1. The molecule has 11 heteroatoms. The molecule has 5 fully saturated rings. The molecule has 6 rings (SSSR count). The van der Waals surface area contributed by atoms with Gasteiger partial charge in [-0.15, -0.1) is 0 Å². The Morgan fingerprint density at radius 3 is 2.37 bits per heavy atom. The van der Waals surface area contributed by atoms with Gasteiger partial charge in [-0.1, -0.05) is 65.2 Å². The van der Waals surface area contributed by atoms with Crippen molar-refractivity contribution in [2.24, 2.45) is 34.8 Å². The zero-order valence-electron chi connectivity index (χ0n) is 27.5. The number of carbonyl (C=O) groups excluding carboxylic acids is 4. The molecule has 0 spiro atoms. The maximum absolute atomic E-state index is 14.6. The Hall–Kier alpha value is -2.50. The predicted octanol–water partition coefficient (Wildman–Crippen LogP) is 3.86. The molecule has 1 aromatic heterocycles. The first-order chi connectivity index (χ1) is 22.0. The first-order valence-electron chi connectivity index (χ1n) is 17.7. The van der Waals surface area contributed by atoms with Crippen LogP contribution in [0.3, 0.4) is 0 Å². The number of fused-ring (bicyclic) bond motifs is 1. The number of likely N-dealkylation sites (tertiary alicyclic amines) is 1. The van der Waals surface area contributed by atoms with Gasteiger partial charge in [-0.25, -0.2) is 4.79 Å². The number of carbonyl (C=O) groups is 4. The third-order valence-corrected chi connectivity index (χ3v) is 12.8. The molecule has 4 aliphatic carbocycles. The number of hydrogen-bond acceptors (Lipinski definition) is 7. The number of thiophene rings is 1. The Labute approximate surface area is 277 Å². The molecule has 1 aromatic rings. The van der Waals surface area contributed by atoms with E-state index in [1.165, 1.54) is 5.56 Å². The van der Waals surface area contributed by atoms with E-state index in [2.05, 4.69) is 46.6 Å². The SMILES string of the molecule is CC1(C)[C@@H]2C(C(O)NC(CC3CC3)C(=O)C(N)=O)N(C(=O)[C@@H](NC(=O)NC3(Cc4ccsc4)CCCCC3)C3CCCCC3)C[C@@H]21. The van der Waals surface area contributed by atoms with E-state index < -0.39 is 36.0 Å². The van der Waals surface area contributed by atoms with Crippen molar-refractivity contribution in [1.29, 1.82) is 0 Å². The molecular weight excluding hydrogens is 602 g/mol. The fourth-order valence-electron chi connectivity index (χ4n) is 9.16. The number of rotatable bonds is 13. The number of Topliss-reactive ketones (excluding diaryl/α,β-unsaturated/α-hetero) is 1. The zero-order chi connectivity index (χ0) is 32.6. The number of primary amides is 1. The molecule has 0 radical (unpaired) electrons. The Morgan fingerprint density at radius 2 is 1.74 bits per heavy atom. The van der Waals surface area contributed by atoms with Crippen LogP contribution in [0.4, 0.5) is 4.79 Å². The van der Waals surface area contributed by atoms with Crippen molar-refractivity contribution in [3.63, 3.8) is 0 Å². The van der Waals surface area contributed by atoms with Crippen LogP contribution in [0.5, 0.6) is 0 Å². The summed E-state index contributed by atoms with van der Waals surface area (Å²) >= 11 is 1.67. The van der Waals surface area contributed by atoms with Gasteiger partial charge in [0.15, 0.2) is 0 Å². The third kappa shape index (κ3) is 7.16. The van der Waals surface area contributed by atoms with E-state index in [4.69, 9.17) is 5.73 Å². The van der Waals surface area contributed by atoms with Crippen LogP contribution in [0.2, 0.25) is 0 Å². The maximum Gasteiger partial charge on any atom is 0.315 e. The Morgan fingerprint density at radius 1 is 1.04 bits per heavy atom. The lowest BCUT2D eigenvalue weighted by atomic mass is 9.78. The standard InChI is InChI=1S/C35H53N5O5S/c1-34(2)24-19-40(28(26(24)34)31(43)37-25(17-21-11-12-21)29(41)30(36)42)32(44)27(23-9-5-3-6-10-23)38-33(45)39-35(14-7-4-8-15-35)18-22-13-16-46-20-22/h13,16,20-21,23-28,31,37,43H,3-12,14-15,17-19H2,1-2H3,(H2,36,42)(H2,38,39,45)/t24-,25?,26-,27-,28?,31?/m0/s1. The van der Waals surface area contributed by atoms with Gasteiger partial charge in [0, 0.05) is 12.1 Å². The highest BCUT2D eigenvalue weighted by atomic mass is 32.1. The van der Waals surface area contributed by atoms with Gasteiger partial charge in [0.2, 0.25) is 11.7 Å². The minimum Gasteiger partial charge on any atom is -0.376 e. The van der Waals surface area contributed by atoms with Gasteiger partial charge < -0.3 is 26.4 Å². The van der Waals surface area contributed by atoms with E-state index >= 15 is 0 Å². The summed E-state index contributed by atoms with van der Waals surface area (Å²) in [6.45, 7) is 4.80. The molecule has 46 heavy (non-hydrogen) atoms. The minimum absolute atomic E-state index is 0.0147. The average Bonchev–Trinajstić information content (AvgIpc) is 3.75. The second-order valence-electron chi connectivity index (χ2n) is 15.6. The average molecular weight is 656 g/mol. The van der Waals surface area contributed by atoms with Gasteiger partial charge in [-0.05, 0) is 90.0 Å². The lowest BCUT2D eigenvalue weighted by Gasteiger charge is -2.41. The predicted molar refractivity (Wildman–Crippen MR) is 177 cm³/mol. The van der Waals surface area contributed by atoms with Crippen LogP contribution in [0.15, 0.2) is 16.8 Å². The summed E-state index contributed by atoms with van der Waals surface area (Å²) in [5.74, 6) is -1.32. The van der Waals surface area contributed by atoms with Crippen molar-refractivity contribution in [2.45, 2.75) is 134 Å². The number of aliphatic hydroxyl groups excluding tert-OH is 1. The first kappa shape index (κ1) is 33.4. The molecular formula is C35H53N5O5S. The van der Waals surface area contributed by atoms with Crippen LogP contribution in [0.1, 0.15) is 103 Å². The molecule has 6 N–H and O–H groups in total. The number of ketones is 1. The van der Waals surface area contributed by atoms with E-state index in [0.29, 0.717) is 18.9 Å². The topological polar surface area (TPSA) is 154 Å². The zero-order valence-corrected chi connectivity index (χ0v) is 28.3. The molecule has 1 saturated heterocycles. The smallest absolute Gasteiger partial charge is 0.315 e. The highest BCUT2D eigenvalue weighted by molar-refractivity contribution is 7.07. The lowest BCUT2D eigenvalue weighted by molar-refractivity contribution is -0.142. The van der Waals surface area contributed by atoms with Gasteiger partial charge >= 0.3 is 6.03 Å².